The molecule has 0 bridgehead atoms. The summed E-state index contributed by atoms with van der Waals surface area (Å²) in [6, 6.07) is 0. The first-order valence-electron chi connectivity index (χ1n) is 8.67. The van der Waals surface area contributed by atoms with Crippen molar-refractivity contribution >= 4 is 17.9 Å². The van der Waals surface area contributed by atoms with E-state index in [0.29, 0.717) is 13.1 Å². The third-order valence-electron chi connectivity index (χ3n) is 3.69. The number of allylic oxidation sites excluding steroid dienone is 1. The first-order chi connectivity index (χ1) is 12.2. The van der Waals surface area contributed by atoms with Crippen LogP contribution in [-0.4, -0.2) is 88.4 Å². The smallest absolute Gasteiger partial charge is 0.550 e. The number of carbonyl (C=O) groups is 3. The Balaban J connectivity index is 0. The molecule has 0 aliphatic heterocycles. The van der Waals surface area contributed by atoms with E-state index in [1.165, 1.54) is 0 Å². The molecule has 0 aliphatic carbocycles. The fourth-order valence-corrected chi connectivity index (χ4v) is 2.29. The molecule has 27 heavy (non-hydrogen) atoms. The number of aliphatic hydroxyl groups is 1. The molecule has 0 saturated carbocycles. The Morgan fingerprint density at radius 3 is 1.89 bits per heavy atom. The molecule has 0 spiro atoms. The van der Waals surface area contributed by atoms with Crippen molar-refractivity contribution in [3.8, 4) is 0 Å². The molecule has 0 amide bonds. The van der Waals surface area contributed by atoms with E-state index in [0.717, 1.165) is 6.42 Å². The molecule has 0 aromatic heterocycles. The number of rotatable bonds is 16. The van der Waals surface area contributed by atoms with Crippen molar-refractivity contribution in [2.75, 3.05) is 39.3 Å². The van der Waals surface area contributed by atoms with Crippen LogP contribution in [0.3, 0.4) is 0 Å². The van der Waals surface area contributed by atoms with E-state index >= 15 is 0 Å². The monoisotopic (exact) mass is 412 g/mol. The maximum atomic E-state index is 10.8. The van der Waals surface area contributed by atoms with Gasteiger partial charge >= 0.3 is 63.3 Å². The van der Waals surface area contributed by atoms with Gasteiger partial charge < -0.3 is 30.1 Å². The summed E-state index contributed by atoms with van der Waals surface area (Å²) in [6.45, 7) is 3.51. The van der Waals surface area contributed by atoms with Gasteiger partial charge in [0.15, 0.2) is 0 Å². The van der Waals surface area contributed by atoms with Gasteiger partial charge in [0.25, 0.3) is 0 Å². The molecule has 0 radical (unpaired) electrons. The fourth-order valence-electron chi connectivity index (χ4n) is 2.29. The van der Waals surface area contributed by atoms with Gasteiger partial charge in [-0.05, 0) is 12.8 Å². The zero-order chi connectivity index (χ0) is 19.9. The first-order valence-corrected chi connectivity index (χ1v) is 8.67. The number of nitrogens with zero attached hydrogens (tertiary/aromatic N) is 2. The molecular formula is C17H29KN2O7. The maximum Gasteiger partial charge on any atom is 1.00 e. The van der Waals surface area contributed by atoms with E-state index in [1.54, 1.807) is 15.9 Å². The van der Waals surface area contributed by atoms with Crippen molar-refractivity contribution in [2.24, 2.45) is 0 Å². The van der Waals surface area contributed by atoms with Gasteiger partial charge in [-0.1, -0.05) is 19.1 Å². The van der Waals surface area contributed by atoms with E-state index in [9.17, 15) is 24.6 Å². The summed E-state index contributed by atoms with van der Waals surface area (Å²) in [5, 5.41) is 38.3. The van der Waals surface area contributed by atoms with Crippen LogP contribution in [0.5, 0.6) is 0 Å². The summed E-state index contributed by atoms with van der Waals surface area (Å²) in [7, 11) is 0. The summed E-state index contributed by atoms with van der Waals surface area (Å²) in [6.07, 6.45) is 3.09. The Kier molecular flexibility index (Phi) is 19.0. The van der Waals surface area contributed by atoms with Gasteiger partial charge in [0, 0.05) is 45.2 Å². The van der Waals surface area contributed by atoms with Crippen molar-refractivity contribution in [3.63, 3.8) is 0 Å². The molecule has 0 aromatic carbocycles. The van der Waals surface area contributed by atoms with Crippen molar-refractivity contribution in [1.29, 1.82) is 0 Å². The summed E-state index contributed by atoms with van der Waals surface area (Å²) >= 11 is 0. The number of carbonyl (C=O) groups excluding carboxylic acids is 1. The Bertz CT molecular complexity index is 456. The van der Waals surface area contributed by atoms with Crippen LogP contribution in [0.15, 0.2) is 12.2 Å². The number of carboxylic acids is 3. The number of hydrogen-bond donors (Lipinski definition) is 3. The molecule has 0 rings (SSSR count). The van der Waals surface area contributed by atoms with Crippen LogP contribution in [0.2, 0.25) is 0 Å². The fraction of sp³-hybridized carbons (Fsp3) is 0.706. The summed E-state index contributed by atoms with van der Waals surface area (Å²) in [4.78, 5) is 35.6. The zero-order valence-corrected chi connectivity index (χ0v) is 19.3. The third-order valence-corrected chi connectivity index (χ3v) is 3.69. The van der Waals surface area contributed by atoms with E-state index in [2.05, 4.69) is 0 Å². The molecule has 10 heteroatoms. The van der Waals surface area contributed by atoms with Gasteiger partial charge in [-0.25, -0.2) is 0 Å². The molecule has 3 N–H and O–H groups in total. The SMILES string of the molecule is CC/C=C/C(O)CN(CCC(=O)O)CCN(CCC(=O)[O-])CCC(=O)O.[K+]. The van der Waals surface area contributed by atoms with E-state index in [4.69, 9.17) is 10.2 Å². The molecular weight excluding hydrogens is 383 g/mol. The van der Waals surface area contributed by atoms with Crippen LogP contribution in [0.1, 0.15) is 32.6 Å². The maximum absolute atomic E-state index is 10.8. The van der Waals surface area contributed by atoms with E-state index < -0.39 is 24.0 Å². The van der Waals surface area contributed by atoms with Crippen molar-refractivity contribution in [2.45, 2.75) is 38.7 Å². The Morgan fingerprint density at radius 2 is 1.41 bits per heavy atom. The Morgan fingerprint density at radius 1 is 0.926 bits per heavy atom. The van der Waals surface area contributed by atoms with Crippen LogP contribution < -0.4 is 56.5 Å². The van der Waals surface area contributed by atoms with Crippen molar-refractivity contribution in [3.05, 3.63) is 12.2 Å². The summed E-state index contributed by atoms with van der Waals surface area (Å²) in [5.74, 6) is -3.15. The molecule has 0 aliphatic rings. The van der Waals surface area contributed by atoms with Gasteiger partial charge in [0.2, 0.25) is 0 Å². The number of aliphatic hydroxyl groups excluding tert-OH is 1. The minimum absolute atomic E-state index is 0. The Hall–Kier alpha value is -0.334. The van der Waals surface area contributed by atoms with Crippen molar-refractivity contribution < 1.29 is 86.2 Å². The molecule has 1 atom stereocenters. The average molecular weight is 413 g/mol. The predicted molar refractivity (Wildman–Crippen MR) is 92.4 cm³/mol. The second kappa shape index (κ2) is 17.7. The van der Waals surface area contributed by atoms with Crippen LogP contribution in [0, 0.1) is 0 Å². The molecule has 0 fully saturated rings. The van der Waals surface area contributed by atoms with Crippen LogP contribution in [0.25, 0.3) is 0 Å². The standard InChI is InChI=1S/C17H30N2O7.K/c1-2-3-4-14(20)13-19(10-7-17(25)26)12-11-18(8-5-15(21)22)9-6-16(23)24;/h3-4,14,20H,2,5-13H2,1H3,(H,21,22)(H,23,24)(H,25,26);/q;+1/p-1/b4-3+;. The predicted octanol–water partition coefficient (Wildman–Crippen LogP) is -3.99. The molecule has 150 valence electrons. The van der Waals surface area contributed by atoms with Crippen LogP contribution in [0.4, 0.5) is 0 Å². The summed E-state index contributed by atoms with van der Waals surface area (Å²) < 4.78 is 0. The van der Waals surface area contributed by atoms with Crippen molar-refractivity contribution in [1.82, 2.24) is 9.80 Å². The van der Waals surface area contributed by atoms with Crippen LogP contribution >= 0.6 is 0 Å². The van der Waals surface area contributed by atoms with Crippen LogP contribution in [-0.2, 0) is 14.4 Å². The second-order valence-corrected chi connectivity index (χ2v) is 5.96. The molecule has 0 aromatic rings. The minimum atomic E-state index is -1.21. The topological polar surface area (TPSA) is 141 Å². The molecule has 0 saturated heterocycles. The second-order valence-electron chi connectivity index (χ2n) is 5.96. The largest absolute Gasteiger partial charge is 1.00 e. The quantitative estimate of drug-likeness (QED) is 0.171. The number of carboxylic acid groups (broad SMARTS) is 3. The normalized spacial score (nSPS) is 12.3. The van der Waals surface area contributed by atoms with Gasteiger partial charge in [0.05, 0.1) is 18.9 Å². The van der Waals surface area contributed by atoms with Gasteiger partial charge in [-0.15, -0.1) is 0 Å². The molecule has 1 unspecified atom stereocenters. The summed E-state index contributed by atoms with van der Waals surface area (Å²) in [5.41, 5.74) is 0. The minimum Gasteiger partial charge on any atom is -0.550 e. The van der Waals surface area contributed by atoms with Gasteiger partial charge in [-0.3, -0.25) is 14.5 Å². The Labute approximate surface area is 202 Å². The zero-order valence-electron chi connectivity index (χ0n) is 16.2. The molecule has 0 heterocycles. The number of hydrogen-bond acceptors (Lipinski definition) is 7. The number of aliphatic carboxylic acids is 3. The van der Waals surface area contributed by atoms with E-state index in [1.807, 2.05) is 13.0 Å². The van der Waals surface area contributed by atoms with Gasteiger partial charge in [-0.2, -0.15) is 0 Å². The van der Waals surface area contributed by atoms with Gasteiger partial charge in [0.1, 0.15) is 0 Å². The third kappa shape index (κ3) is 18.8. The molecule has 9 nitrogen and oxygen atoms in total. The van der Waals surface area contributed by atoms with E-state index in [-0.39, 0.29) is 96.8 Å². The first kappa shape index (κ1) is 28.9. The average Bonchev–Trinajstić information content (AvgIpc) is 2.56.